The van der Waals surface area contributed by atoms with Gasteiger partial charge in [-0.1, -0.05) is 0 Å². The standard InChI is InChI=1S/C7H16NO2/c1-8(2)4-6(9)3-7(10)5-8/h6-7,9-10H,3-5H2,1-2H3/q+1. The van der Waals surface area contributed by atoms with Gasteiger partial charge < -0.3 is 14.7 Å². The van der Waals surface area contributed by atoms with Gasteiger partial charge in [-0.2, -0.15) is 0 Å². The molecule has 0 aliphatic carbocycles. The van der Waals surface area contributed by atoms with E-state index in [-0.39, 0.29) is 12.2 Å². The Morgan fingerprint density at radius 1 is 1.10 bits per heavy atom. The highest BCUT2D eigenvalue weighted by molar-refractivity contribution is 4.67. The summed E-state index contributed by atoms with van der Waals surface area (Å²) in [6.07, 6.45) is -0.0979. The molecule has 0 amide bonds. The van der Waals surface area contributed by atoms with Crippen molar-refractivity contribution in [3.63, 3.8) is 0 Å². The molecule has 2 unspecified atom stereocenters. The Balaban J connectivity index is 2.51. The summed E-state index contributed by atoms with van der Waals surface area (Å²) in [6, 6.07) is 0. The van der Waals surface area contributed by atoms with E-state index >= 15 is 0 Å². The molecule has 1 aliphatic rings. The minimum absolute atomic E-state index is 0.321. The average molecular weight is 146 g/mol. The molecule has 3 nitrogen and oxygen atoms in total. The summed E-state index contributed by atoms with van der Waals surface area (Å²) in [5.74, 6) is 0. The largest absolute Gasteiger partial charge is 0.387 e. The van der Waals surface area contributed by atoms with Gasteiger partial charge in [-0.05, 0) is 0 Å². The topological polar surface area (TPSA) is 40.5 Å². The van der Waals surface area contributed by atoms with Crippen molar-refractivity contribution in [3.05, 3.63) is 0 Å². The van der Waals surface area contributed by atoms with Gasteiger partial charge in [0.15, 0.2) is 0 Å². The highest BCUT2D eigenvalue weighted by Gasteiger charge is 2.31. The normalized spacial score (nSPS) is 39.6. The molecule has 1 aliphatic heterocycles. The Kier molecular flexibility index (Phi) is 1.99. The van der Waals surface area contributed by atoms with Crippen LogP contribution in [0.1, 0.15) is 6.42 Å². The number of aliphatic hydroxyl groups is 2. The van der Waals surface area contributed by atoms with E-state index in [1.165, 1.54) is 0 Å². The van der Waals surface area contributed by atoms with Gasteiger partial charge >= 0.3 is 0 Å². The van der Waals surface area contributed by atoms with Crippen molar-refractivity contribution in [1.29, 1.82) is 0 Å². The van der Waals surface area contributed by atoms with Crippen molar-refractivity contribution in [2.75, 3.05) is 27.2 Å². The number of quaternary nitrogens is 1. The first-order chi connectivity index (χ1) is 4.49. The van der Waals surface area contributed by atoms with Crippen LogP contribution in [0.15, 0.2) is 0 Å². The van der Waals surface area contributed by atoms with Gasteiger partial charge in [-0.25, -0.2) is 0 Å². The second-order valence-corrected chi connectivity index (χ2v) is 3.84. The maximum Gasteiger partial charge on any atom is 0.106 e. The molecule has 0 aromatic heterocycles. The van der Waals surface area contributed by atoms with Crippen LogP contribution in [0.3, 0.4) is 0 Å². The first-order valence-corrected chi connectivity index (χ1v) is 3.68. The number of aliphatic hydroxyl groups excluding tert-OH is 2. The molecule has 0 radical (unpaired) electrons. The Labute approximate surface area is 61.5 Å². The lowest BCUT2D eigenvalue weighted by Crippen LogP contribution is -2.55. The SMILES string of the molecule is C[N+]1(C)CC(O)CC(O)C1. The molecule has 0 spiro atoms. The van der Waals surface area contributed by atoms with Crippen LogP contribution in [-0.2, 0) is 0 Å². The van der Waals surface area contributed by atoms with Crippen LogP contribution < -0.4 is 0 Å². The molecular weight excluding hydrogens is 130 g/mol. The second-order valence-electron chi connectivity index (χ2n) is 3.84. The number of hydrogen-bond acceptors (Lipinski definition) is 2. The summed E-state index contributed by atoms with van der Waals surface area (Å²) < 4.78 is 0.725. The average Bonchev–Trinajstić information content (AvgIpc) is 1.54. The third-order valence-corrected chi connectivity index (χ3v) is 1.95. The van der Waals surface area contributed by atoms with Crippen LogP contribution in [-0.4, -0.2) is 54.1 Å². The van der Waals surface area contributed by atoms with Crippen LogP contribution in [0.2, 0.25) is 0 Å². The molecule has 0 aromatic rings. The highest BCUT2D eigenvalue weighted by atomic mass is 16.3. The number of nitrogens with zero attached hydrogens (tertiary/aromatic N) is 1. The molecule has 1 rings (SSSR count). The van der Waals surface area contributed by atoms with Crippen molar-refractivity contribution in [3.8, 4) is 0 Å². The molecule has 2 N–H and O–H groups in total. The van der Waals surface area contributed by atoms with E-state index in [0.717, 1.165) is 17.6 Å². The first kappa shape index (κ1) is 7.98. The molecule has 60 valence electrons. The second kappa shape index (κ2) is 2.49. The fraction of sp³-hybridized carbons (Fsp3) is 1.00. The lowest BCUT2D eigenvalue weighted by atomic mass is 10.0. The van der Waals surface area contributed by atoms with Crippen molar-refractivity contribution in [2.24, 2.45) is 0 Å². The third kappa shape index (κ3) is 1.94. The molecule has 1 saturated heterocycles. The quantitative estimate of drug-likeness (QED) is 0.439. The third-order valence-electron chi connectivity index (χ3n) is 1.95. The molecule has 3 heteroatoms. The Morgan fingerprint density at radius 2 is 1.50 bits per heavy atom. The Morgan fingerprint density at radius 3 is 1.80 bits per heavy atom. The van der Waals surface area contributed by atoms with E-state index in [2.05, 4.69) is 0 Å². The maximum atomic E-state index is 9.24. The van der Waals surface area contributed by atoms with E-state index < -0.39 is 0 Å². The molecule has 0 saturated carbocycles. The fourth-order valence-electron chi connectivity index (χ4n) is 1.68. The van der Waals surface area contributed by atoms with E-state index in [1.54, 1.807) is 0 Å². The zero-order valence-electron chi connectivity index (χ0n) is 6.62. The summed E-state index contributed by atoms with van der Waals surface area (Å²) in [4.78, 5) is 0. The van der Waals surface area contributed by atoms with Crippen molar-refractivity contribution < 1.29 is 14.7 Å². The van der Waals surface area contributed by atoms with Gasteiger partial charge in [0.25, 0.3) is 0 Å². The number of likely N-dealkylation sites (N-methyl/N-ethyl adjacent to an activating group) is 1. The monoisotopic (exact) mass is 146 g/mol. The first-order valence-electron chi connectivity index (χ1n) is 3.68. The number of rotatable bonds is 0. The predicted octanol–water partition coefficient (Wildman–Crippen LogP) is -0.812. The van der Waals surface area contributed by atoms with Crippen LogP contribution >= 0.6 is 0 Å². The van der Waals surface area contributed by atoms with Gasteiger partial charge in [-0.3, -0.25) is 0 Å². The number of likely N-dealkylation sites (tertiary alicyclic amines) is 1. The Hall–Kier alpha value is -0.120. The predicted molar refractivity (Wildman–Crippen MR) is 38.5 cm³/mol. The van der Waals surface area contributed by atoms with Gasteiger partial charge in [0.05, 0.1) is 14.1 Å². The van der Waals surface area contributed by atoms with Gasteiger partial charge in [0.1, 0.15) is 25.3 Å². The molecular formula is C7H16NO2+. The van der Waals surface area contributed by atoms with Crippen molar-refractivity contribution >= 4 is 0 Å². The maximum absolute atomic E-state index is 9.24. The van der Waals surface area contributed by atoms with Gasteiger partial charge in [0, 0.05) is 6.42 Å². The van der Waals surface area contributed by atoms with Crippen LogP contribution in [0.4, 0.5) is 0 Å². The molecule has 0 bridgehead atoms. The van der Waals surface area contributed by atoms with Crippen LogP contribution in [0, 0.1) is 0 Å². The summed E-state index contributed by atoms with van der Waals surface area (Å²) in [6.45, 7) is 1.52. The molecule has 2 atom stereocenters. The summed E-state index contributed by atoms with van der Waals surface area (Å²) >= 11 is 0. The van der Waals surface area contributed by atoms with E-state index in [4.69, 9.17) is 0 Å². The minimum atomic E-state index is -0.321. The zero-order chi connectivity index (χ0) is 7.78. The van der Waals surface area contributed by atoms with E-state index in [0.29, 0.717) is 6.42 Å². The molecule has 10 heavy (non-hydrogen) atoms. The number of hydrogen-bond donors (Lipinski definition) is 2. The van der Waals surface area contributed by atoms with Crippen LogP contribution in [0.5, 0.6) is 0 Å². The Bertz CT molecular complexity index is 113. The zero-order valence-corrected chi connectivity index (χ0v) is 6.62. The minimum Gasteiger partial charge on any atom is -0.387 e. The van der Waals surface area contributed by atoms with E-state index in [9.17, 15) is 10.2 Å². The lowest BCUT2D eigenvalue weighted by molar-refractivity contribution is -0.901. The van der Waals surface area contributed by atoms with Gasteiger partial charge in [-0.15, -0.1) is 0 Å². The van der Waals surface area contributed by atoms with E-state index in [1.807, 2.05) is 14.1 Å². The summed E-state index contributed by atoms with van der Waals surface area (Å²) in [5.41, 5.74) is 0. The molecule has 1 heterocycles. The fourth-order valence-corrected chi connectivity index (χ4v) is 1.68. The summed E-state index contributed by atoms with van der Waals surface area (Å²) in [5, 5.41) is 18.5. The highest BCUT2D eigenvalue weighted by Crippen LogP contribution is 2.14. The van der Waals surface area contributed by atoms with Crippen LogP contribution in [0.25, 0.3) is 0 Å². The number of piperidine rings is 1. The molecule has 1 fully saturated rings. The smallest absolute Gasteiger partial charge is 0.106 e. The van der Waals surface area contributed by atoms with Gasteiger partial charge in [0.2, 0.25) is 0 Å². The van der Waals surface area contributed by atoms with Crippen molar-refractivity contribution in [2.45, 2.75) is 18.6 Å². The van der Waals surface area contributed by atoms with Crippen molar-refractivity contribution in [1.82, 2.24) is 0 Å². The summed E-state index contributed by atoms with van der Waals surface area (Å²) in [7, 11) is 4.04. The molecule has 0 aromatic carbocycles. The lowest BCUT2D eigenvalue weighted by Gasteiger charge is -2.38.